The van der Waals surface area contributed by atoms with Crippen LogP contribution in [0.5, 0.6) is 0 Å². The van der Waals surface area contributed by atoms with Crippen molar-refractivity contribution in [3.63, 3.8) is 0 Å². The summed E-state index contributed by atoms with van der Waals surface area (Å²) in [5, 5.41) is 4.31. The van der Waals surface area contributed by atoms with Crippen LogP contribution in [0.4, 0.5) is 4.39 Å². The number of carbonyl (C=O) groups is 1. The third-order valence-electron chi connectivity index (χ3n) is 1.71. The molecule has 1 rings (SSSR count). The van der Waals surface area contributed by atoms with Crippen molar-refractivity contribution in [2.75, 3.05) is 0 Å². The average Bonchev–Trinajstić information content (AvgIpc) is 2.06. The topological polar surface area (TPSA) is 77.2 Å². The molecule has 0 aliphatic rings. The van der Waals surface area contributed by atoms with Crippen LogP contribution < -0.4 is 5.14 Å². The minimum atomic E-state index is -4.22. The van der Waals surface area contributed by atoms with Crippen LogP contribution in [0.3, 0.4) is 0 Å². The zero-order chi connectivity index (χ0) is 11.8. The highest BCUT2D eigenvalue weighted by Crippen LogP contribution is 2.23. The predicted octanol–water partition coefficient (Wildman–Crippen LogP) is 1.33. The maximum atomic E-state index is 13.2. The summed E-state index contributed by atoms with van der Waals surface area (Å²) in [5.41, 5.74) is -0.00887. The average molecular weight is 252 g/mol. The Morgan fingerprint density at radius 3 is 2.40 bits per heavy atom. The minimum Gasteiger partial charge on any atom is -0.295 e. The van der Waals surface area contributed by atoms with E-state index in [0.717, 1.165) is 12.1 Å². The molecule has 1 aromatic rings. The second-order valence-electron chi connectivity index (χ2n) is 2.87. The second-order valence-corrected chi connectivity index (χ2v) is 4.81. The highest BCUT2D eigenvalue weighted by Gasteiger charge is 2.19. The van der Waals surface area contributed by atoms with Crippen molar-refractivity contribution in [1.29, 1.82) is 0 Å². The highest BCUT2D eigenvalue weighted by molar-refractivity contribution is 7.89. The van der Waals surface area contributed by atoms with Crippen LogP contribution in [0.1, 0.15) is 17.3 Å². The number of carbonyl (C=O) groups excluding carboxylic acids is 1. The van der Waals surface area contributed by atoms with Gasteiger partial charge in [-0.05, 0) is 19.1 Å². The minimum absolute atomic E-state index is 0.00887. The van der Waals surface area contributed by atoms with E-state index in [2.05, 4.69) is 0 Å². The first-order valence-corrected chi connectivity index (χ1v) is 5.68. The van der Waals surface area contributed by atoms with Crippen molar-refractivity contribution < 1.29 is 17.6 Å². The van der Waals surface area contributed by atoms with Crippen molar-refractivity contribution in [2.45, 2.75) is 11.8 Å². The van der Waals surface area contributed by atoms with Gasteiger partial charge in [-0.25, -0.2) is 17.9 Å². The van der Waals surface area contributed by atoms with Gasteiger partial charge in [-0.2, -0.15) is 0 Å². The van der Waals surface area contributed by atoms with E-state index in [1.165, 1.54) is 6.92 Å². The first-order chi connectivity index (χ1) is 6.73. The fraction of sp³-hybridized carbons (Fsp3) is 0.125. The lowest BCUT2D eigenvalue weighted by atomic mass is 10.1. The third-order valence-corrected chi connectivity index (χ3v) is 2.89. The summed E-state index contributed by atoms with van der Waals surface area (Å²) in [5.74, 6) is -1.58. The van der Waals surface area contributed by atoms with Gasteiger partial charge >= 0.3 is 0 Å². The summed E-state index contributed by atoms with van der Waals surface area (Å²) >= 11 is 5.42. The first kappa shape index (κ1) is 12.1. The number of rotatable bonds is 2. The number of nitrogens with two attached hydrogens (primary N) is 1. The molecule has 0 aliphatic carbocycles. The van der Waals surface area contributed by atoms with E-state index in [1.807, 2.05) is 0 Å². The molecule has 0 saturated heterocycles. The number of ketones is 1. The molecular weight excluding hydrogens is 245 g/mol. The largest absolute Gasteiger partial charge is 0.295 e. The number of hydrogen-bond donors (Lipinski definition) is 1. The van der Waals surface area contributed by atoms with Gasteiger partial charge in [0.05, 0.1) is 5.02 Å². The molecule has 82 valence electrons. The monoisotopic (exact) mass is 251 g/mol. The van der Waals surface area contributed by atoms with Crippen molar-refractivity contribution in [3.8, 4) is 0 Å². The van der Waals surface area contributed by atoms with Gasteiger partial charge in [0, 0.05) is 5.56 Å². The zero-order valence-electron chi connectivity index (χ0n) is 7.62. The van der Waals surface area contributed by atoms with Gasteiger partial charge in [-0.1, -0.05) is 11.6 Å². The van der Waals surface area contributed by atoms with Crippen molar-refractivity contribution in [1.82, 2.24) is 0 Å². The number of sulfonamides is 1. The molecule has 0 amide bonds. The summed E-state index contributed by atoms with van der Waals surface area (Å²) in [6.07, 6.45) is 0. The van der Waals surface area contributed by atoms with Gasteiger partial charge in [0.1, 0.15) is 4.90 Å². The Labute approximate surface area is 90.9 Å². The Morgan fingerprint density at radius 2 is 2.00 bits per heavy atom. The highest BCUT2D eigenvalue weighted by atomic mass is 35.5. The van der Waals surface area contributed by atoms with E-state index >= 15 is 0 Å². The fourth-order valence-corrected chi connectivity index (χ4v) is 1.90. The molecular formula is C8H7ClFNO3S. The molecule has 1 aromatic carbocycles. The predicted molar refractivity (Wildman–Crippen MR) is 52.8 cm³/mol. The molecule has 0 heterocycles. The Hall–Kier alpha value is -0.980. The zero-order valence-corrected chi connectivity index (χ0v) is 9.19. The van der Waals surface area contributed by atoms with Crippen LogP contribution >= 0.6 is 11.6 Å². The SMILES string of the molecule is CC(=O)c1cc(Cl)c(F)c(S(N)(=O)=O)c1. The molecule has 0 aromatic heterocycles. The lowest BCUT2D eigenvalue weighted by Gasteiger charge is -2.04. The Bertz CT molecular complexity index is 527. The van der Waals surface area contributed by atoms with Crippen LogP contribution in [0, 0.1) is 5.82 Å². The van der Waals surface area contributed by atoms with Crippen LogP contribution in [-0.4, -0.2) is 14.2 Å². The standard InChI is InChI=1S/C8H7ClFNO3S/c1-4(12)5-2-6(9)8(10)7(3-5)15(11,13)14/h2-3H,1H3,(H2,11,13,14). The van der Waals surface area contributed by atoms with E-state index in [9.17, 15) is 17.6 Å². The van der Waals surface area contributed by atoms with Gasteiger partial charge in [0.2, 0.25) is 10.0 Å². The summed E-state index contributed by atoms with van der Waals surface area (Å²) in [7, 11) is -4.22. The lowest BCUT2D eigenvalue weighted by molar-refractivity contribution is 0.101. The quantitative estimate of drug-likeness (QED) is 0.806. The summed E-state index contributed by atoms with van der Waals surface area (Å²) < 4.78 is 35.1. The molecule has 2 N–H and O–H groups in total. The molecule has 0 aliphatic heterocycles. The third kappa shape index (κ3) is 2.53. The Kier molecular flexibility index (Phi) is 3.13. The van der Waals surface area contributed by atoms with Gasteiger partial charge in [-0.15, -0.1) is 0 Å². The number of benzene rings is 1. The van der Waals surface area contributed by atoms with Crippen LogP contribution in [0.2, 0.25) is 5.02 Å². The first-order valence-electron chi connectivity index (χ1n) is 3.76. The molecule has 0 bridgehead atoms. The van der Waals surface area contributed by atoms with E-state index in [1.54, 1.807) is 0 Å². The normalized spacial score (nSPS) is 11.5. The summed E-state index contributed by atoms with van der Waals surface area (Å²) in [4.78, 5) is 10.2. The fourth-order valence-electron chi connectivity index (χ4n) is 0.974. The molecule has 4 nitrogen and oxygen atoms in total. The smallest absolute Gasteiger partial charge is 0.241 e. The van der Waals surface area contributed by atoms with Crippen LogP contribution in [0.15, 0.2) is 17.0 Å². The van der Waals surface area contributed by atoms with Gasteiger partial charge in [0.25, 0.3) is 0 Å². The summed E-state index contributed by atoms with van der Waals surface area (Å²) in [6.45, 7) is 1.20. The van der Waals surface area contributed by atoms with Crippen molar-refractivity contribution >= 4 is 27.4 Å². The molecule has 0 unspecified atom stereocenters. The molecule has 0 spiro atoms. The van der Waals surface area contributed by atoms with E-state index < -0.39 is 31.5 Å². The second kappa shape index (κ2) is 3.88. The Balaban J connectivity index is 3.59. The van der Waals surface area contributed by atoms with Gasteiger partial charge in [-0.3, -0.25) is 4.79 Å². The van der Waals surface area contributed by atoms with Crippen LogP contribution in [-0.2, 0) is 10.0 Å². The Morgan fingerprint density at radius 1 is 1.47 bits per heavy atom. The maximum Gasteiger partial charge on any atom is 0.241 e. The van der Waals surface area contributed by atoms with Crippen LogP contribution in [0.25, 0.3) is 0 Å². The van der Waals surface area contributed by atoms with Gasteiger partial charge in [0.15, 0.2) is 11.6 Å². The maximum absolute atomic E-state index is 13.2. The number of Topliss-reactive ketones (excluding diaryl/α,β-unsaturated/α-hetero) is 1. The molecule has 15 heavy (non-hydrogen) atoms. The molecule has 0 radical (unpaired) electrons. The molecule has 0 fully saturated rings. The molecule has 7 heteroatoms. The number of hydrogen-bond acceptors (Lipinski definition) is 3. The summed E-state index contributed by atoms with van der Waals surface area (Å²) in [6, 6.07) is 1.91. The number of primary sulfonamides is 1. The van der Waals surface area contributed by atoms with Crippen molar-refractivity contribution in [3.05, 3.63) is 28.5 Å². The molecule has 0 saturated carbocycles. The lowest BCUT2D eigenvalue weighted by Crippen LogP contribution is -2.15. The van der Waals surface area contributed by atoms with Crippen molar-refractivity contribution in [2.24, 2.45) is 5.14 Å². The molecule has 0 atom stereocenters. The van der Waals surface area contributed by atoms with E-state index in [4.69, 9.17) is 16.7 Å². The van der Waals surface area contributed by atoms with E-state index in [0.29, 0.717) is 0 Å². The van der Waals surface area contributed by atoms with E-state index in [-0.39, 0.29) is 5.56 Å². The number of halogens is 2. The van der Waals surface area contributed by atoms with Gasteiger partial charge < -0.3 is 0 Å².